The predicted molar refractivity (Wildman–Crippen MR) is 112 cm³/mol. The van der Waals surface area contributed by atoms with Crippen molar-refractivity contribution in [1.82, 2.24) is 9.78 Å². The lowest BCUT2D eigenvalue weighted by atomic mass is 9.84. The van der Waals surface area contributed by atoms with Crippen LogP contribution in [0.2, 0.25) is 0 Å². The molecule has 3 unspecified atom stereocenters. The molecule has 6 heteroatoms. The summed E-state index contributed by atoms with van der Waals surface area (Å²) in [6.45, 7) is 10.5. The minimum absolute atomic E-state index is 0.118. The van der Waals surface area contributed by atoms with Gasteiger partial charge in [-0.15, -0.1) is 11.3 Å². The molecule has 1 aliphatic carbocycles. The molecule has 1 aliphatic rings. The van der Waals surface area contributed by atoms with Crippen LogP contribution in [0.3, 0.4) is 0 Å². The fraction of sp³-hybridized carbons (Fsp3) is 0.550. The Morgan fingerprint density at radius 1 is 1.31 bits per heavy atom. The molecule has 2 nitrogen and oxygen atoms in total. The summed E-state index contributed by atoms with van der Waals surface area (Å²) in [7, 11) is 3.05. The molecule has 0 aliphatic heterocycles. The van der Waals surface area contributed by atoms with E-state index in [0.29, 0.717) is 5.69 Å². The molecular weight excluding hydrogens is 369 g/mol. The van der Waals surface area contributed by atoms with Crippen LogP contribution in [0.4, 0.5) is 8.78 Å². The number of aryl methyl sites for hydroxylation is 1. The average molecular weight is 399 g/mol. The van der Waals surface area contributed by atoms with E-state index in [1.165, 1.54) is 64.1 Å². The Labute approximate surface area is 161 Å². The minimum Gasteiger partial charge on any atom is -0.266 e. The third kappa shape index (κ3) is 5.72. The summed E-state index contributed by atoms with van der Waals surface area (Å²) in [6.07, 6.45) is 5.90. The third-order valence-corrected chi connectivity index (χ3v) is 6.26. The summed E-state index contributed by atoms with van der Waals surface area (Å²) in [5, 5.41) is 4.12. The highest BCUT2D eigenvalue weighted by atomic mass is 32.1. The molecule has 0 spiro atoms. The zero-order valence-electron chi connectivity index (χ0n) is 16.1. The van der Waals surface area contributed by atoms with Gasteiger partial charge in [-0.25, -0.2) is 0 Å². The molecule has 0 aromatic carbocycles. The van der Waals surface area contributed by atoms with E-state index in [4.69, 9.17) is 0 Å². The van der Waals surface area contributed by atoms with E-state index in [2.05, 4.69) is 25.5 Å². The number of halogens is 2. The molecule has 144 valence electrons. The first-order chi connectivity index (χ1) is 12.1. The van der Waals surface area contributed by atoms with Crippen molar-refractivity contribution >= 4 is 26.1 Å². The molecule has 2 aromatic rings. The number of allylic oxidation sites excluding steroid dienone is 1. The van der Waals surface area contributed by atoms with E-state index in [0.717, 1.165) is 27.2 Å². The fourth-order valence-electron chi connectivity index (χ4n) is 3.34. The Balaban J connectivity index is 0.000000254. The van der Waals surface area contributed by atoms with E-state index < -0.39 is 5.66 Å². The van der Waals surface area contributed by atoms with Gasteiger partial charge in [-0.3, -0.25) is 4.68 Å². The standard InChI is InChI=1S/C12H13F2N2PS.C8H16/c1-7(2)9-4-5-10(18-9)8-6-11(12(13,14)17)16(3)15-8;1-7-4-3-5-8(2)6-7/h4-6H,1,17H2,2-3H3;7-8H,3-6H2,1-2H3. The van der Waals surface area contributed by atoms with Crippen LogP contribution in [-0.2, 0) is 12.7 Å². The Morgan fingerprint density at radius 3 is 2.31 bits per heavy atom. The van der Waals surface area contributed by atoms with E-state index in [-0.39, 0.29) is 5.69 Å². The van der Waals surface area contributed by atoms with Gasteiger partial charge in [-0.05, 0) is 49.0 Å². The highest BCUT2D eigenvalue weighted by Crippen LogP contribution is 2.38. The van der Waals surface area contributed by atoms with Crippen LogP contribution in [0.1, 0.15) is 57.0 Å². The van der Waals surface area contributed by atoms with Gasteiger partial charge in [-0.1, -0.05) is 48.9 Å². The quantitative estimate of drug-likeness (QED) is 0.512. The van der Waals surface area contributed by atoms with Crippen LogP contribution in [0.15, 0.2) is 24.8 Å². The molecule has 2 aromatic heterocycles. The van der Waals surface area contributed by atoms with Crippen molar-refractivity contribution in [2.24, 2.45) is 18.9 Å². The lowest BCUT2D eigenvalue weighted by Crippen LogP contribution is -2.09. The van der Waals surface area contributed by atoms with E-state index in [1.54, 1.807) is 0 Å². The van der Waals surface area contributed by atoms with E-state index in [1.807, 2.05) is 19.1 Å². The highest BCUT2D eigenvalue weighted by Gasteiger charge is 2.29. The van der Waals surface area contributed by atoms with Crippen molar-refractivity contribution < 1.29 is 8.78 Å². The molecule has 1 fully saturated rings. The topological polar surface area (TPSA) is 17.8 Å². The highest BCUT2D eigenvalue weighted by molar-refractivity contribution is 7.17. The molecule has 26 heavy (non-hydrogen) atoms. The van der Waals surface area contributed by atoms with Crippen LogP contribution in [0, 0.1) is 11.8 Å². The normalized spacial score (nSPS) is 20.4. The van der Waals surface area contributed by atoms with Crippen molar-refractivity contribution in [2.45, 2.75) is 52.1 Å². The molecule has 1 saturated carbocycles. The fourth-order valence-corrected chi connectivity index (χ4v) is 4.50. The summed E-state index contributed by atoms with van der Waals surface area (Å²) >= 11 is 1.50. The number of alkyl halides is 2. The summed E-state index contributed by atoms with van der Waals surface area (Å²) in [5.74, 6) is 2.03. The van der Waals surface area contributed by atoms with Gasteiger partial charge in [-0.2, -0.15) is 13.9 Å². The van der Waals surface area contributed by atoms with Gasteiger partial charge in [0.1, 0.15) is 11.4 Å². The van der Waals surface area contributed by atoms with Crippen LogP contribution >= 0.6 is 20.6 Å². The Kier molecular flexibility index (Phi) is 7.15. The Morgan fingerprint density at radius 2 is 1.92 bits per heavy atom. The van der Waals surface area contributed by atoms with Crippen molar-refractivity contribution in [3.8, 4) is 10.6 Å². The predicted octanol–water partition coefficient (Wildman–Crippen LogP) is 6.94. The van der Waals surface area contributed by atoms with Gasteiger partial charge >= 0.3 is 0 Å². The van der Waals surface area contributed by atoms with Gasteiger partial charge < -0.3 is 0 Å². The molecule has 0 amide bonds. The lowest BCUT2D eigenvalue weighted by molar-refractivity contribution is 0.0938. The smallest absolute Gasteiger partial charge is 0.266 e. The van der Waals surface area contributed by atoms with Crippen LogP contribution in [-0.4, -0.2) is 9.78 Å². The van der Waals surface area contributed by atoms with Gasteiger partial charge in [0.05, 0.1) is 4.88 Å². The molecule has 0 N–H and O–H groups in total. The molecule has 2 heterocycles. The molecule has 0 bridgehead atoms. The monoisotopic (exact) mass is 398 g/mol. The maximum atomic E-state index is 13.3. The van der Waals surface area contributed by atoms with Gasteiger partial charge in [0, 0.05) is 11.9 Å². The van der Waals surface area contributed by atoms with Crippen LogP contribution < -0.4 is 0 Å². The lowest BCUT2D eigenvalue weighted by Gasteiger charge is -2.22. The Hall–Kier alpha value is -1.06. The van der Waals surface area contributed by atoms with Crippen LogP contribution in [0.25, 0.3) is 16.1 Å². The van der Waals surface area contributed by atoms with Crippen LogP contribution in [0.5, 0.6) is 0 Å². The number of nitrogens with zero attached hydrogens (tertiary/aromatic N) is 2. The van der Waals surface area contributed by atoms with Crippen molar-refractivity contribution in [3.05, 3.63) is 35.3 Å². The van der Waals surface area contributed by atoms with Crippen molar-refractivity contribution in [2.75, 3.05) is 0 Å². The zero-order chi connectivity index (χ0) is 19.5. The van der Waals surface area contributed by atoms with Gasteiger partial charge in [0.25, 0.3) is 5.66 Å². The maximum absolute atomic E-state index is 13.3. The average Bonchev–Trinajstić information content (AvgIpc) is 3.13. The second-order valence-electron chi connectivity index (χ2n) is 7.48. The molecular formula is C20H29F2N2PS. The van der Waals surface area contributed by atoms with Crippen molar-refractivity contribution in [3.63, 3.8) is 0 Å². The number of aromatic nitrogens is 2. The molecule has 0 saturated heterocycles. The molecule has 3 rings (SSSR count). The maximum Gasteiger partial charge on any atom is 0.299 e. The first-order valence-electron chi connectivity index (χ1n) is 9.05. The van der Waals surface area contributed by atoms with E-state index >= 15 is 0 Å². The third-order valence-electron chi connectivity index (χ3n) is 4.70. The number of hydrogen-bond donors (Lipinski definition) is 0. The largest absolute Gasteiger partial charge is 0.299 e. The second-order valence-corrected chi connectivity index (χ2v) is 9.29. The summed E-state index contributed by atoms with van der Waals surface area (Å²) in [6, 6.07) is 5.22. The molecule has 3 atom stereocenters. The number of hydrogen-bond acceptors (Lipinski definition) is 2. The first kappa shape index (κ1) is 21.2. The van der Waals surface area contributed by atoms with Gasteiger partial charge in [0.2, 0.25) is 0 Å². The van der Waals surface area contributed by atoms with Gasteiger partial charge in [0.15, 0.2) is 0 Å². The zero-order valence-corrected chi connectivity index (χ0v) is 18.0. The number of rotatable bonds is 3. The SMILES string of the molecule is C=C(C)c1ccc(-c2cc(C(F)(F)P)n(C)n2)s1.CC1CCCC(C)C1. The second kappa shape index (κ2) is 8.75. The summed E-state index contributed by atoms with van der Waals surface area (Å²) in [4.78, 5) is 1.90. The first-order valence-corrected chi connectivity index (χ1v) is 10.4. The minimum atomic E-state index is -2.96. The summed E-state index contributed by atoms with van der Waals surface area (Å²) in [5.41, 5.74) is -1.56. The van der Waals surface area contributed by atoms with E-state index in [9.17, 15) is 8.78 Å². The Bertz CT molecular complexity index is 737. The number of thiophene rings is 1. The summed E-state index contributed by atoms with van der Waals surface area (Å²) < 4.78 is 27.7. The molecule has 0 radical (unpaired) electrons. The van der Waals surface area contributed by atoms with Crippen molar-refractivity contribution in [1.29, 1.82) is 0 Å².